The van der Waals surface area contributed by atoms with E-state index >= 15 is 0 Å². The van der Waals surface area contributed by atoms with Gasteiger partial charge in [-0.15, -0.1) is 0 Å². The summed E-state index contributed by atoms with van der Waals surface area (Å²) in [7, 11) is 7.02. The van der Waals surface area contributed by atoms with E-state index in [1.807, 2.05) is 79.7 Å². The topological polar surface area (TPSA) is 82.4 Å². The fraction of sp³-hybridized carbons (Fsp3) is 0.219. The molecule has 2 heterocycles. The van der Waals surface area contributed by atoms with Crippen molar-refractivity contribution >= 4 is 50.7 Å². The molecule has 4 aromatic rings. The van der Waals surface area contributed by atoms with E-state index in [0.29, 0.717) is 32.1 Å². The van der Waals surface area contributed by atoms with Gasteiger partial charge in [-0.1, -0.05) is 59.9 Å². The number of ether oxygens (including phenoxy) is 3. The molecule has 0 bridgehead atoms. The summed E-state index contributed by atoms with van der Waals surface area (Å²) in [6, 6.07) is 19.9. The molecular formula is C32H30BrN3O5S. The molecule has 0 amide bonds. The minimum atomic E-state index is -0.884. The van der Waals surface area contributed by atoms with Gasteiger partial charge in [-0.05, 0) is 52.7 Å². The van der Waals surface area contributed by atoms with Crippen LogP contribution in [0.25, 0.3) is 11.8 Å². The number of nitrogens with zero attached hydrogens (tertiary/aromatic N) is 3. The molecule has 42 heavy (non-hydrogen) atoms. The van der Waals surface area contributed by atoms with E-state index in [-0.39, 0.29) is 17.7 Å². The van der Waals surface area contributed by atoms with Gasteiger partial charge >= 0.3 is 5.97 Å². The molecule has 0 fully saturated rings. The molecule has 5 rings (SSSR count). The summed E-state index contributed by atoms with van der Waals surface area (Å²) in [5.41, 5.74) is 3.57. The first kappa shape index (κ1) is 29.3. The summed E-state index contributed by atoms with van der Waals surface area (Å²) in [4.78, 5) is 35.3. The Kier molecular flexibility index (Phi) is 8.65. The Bertz CT molecular complexity index is 1860. The summed E-state index contributed by atoms with van der Waals surface area (Å²) in [5.74, 6) is 0.329. The molecule has 8 nitrogen and oxygen atoms in total. The Balaban J connectivity index is 1.84. The number of fused-ring (bicyclic) bond motifs is 1. The molecule has 3 aromatic carbocycles. The first-order chi connectivity index (χ1) is 20.3. The normalized spacial score (nSPS) is 14.7. The Labute approximate surface area is 255 Å². The van der Waals surface area contributed by atoms with Crippen molar-refractivity contribution in [3.05, 3.63) is 113 Å². The van der Waals surface area contributed by atoms with Gasteiger partial charge in [-0.2, -0.15) is 0 Å². The number of para-hydroxylation sites is 1. The zero-order valence-corrected chi connectivity index (χ0v) is 26.3. The molecule has 1 aliphatic rings. The van der Waals surface area contributed by atoms with Gasteiger partial charge in [-0.3, -0.25) is 9.36 Å². The van der Waals surface area contributed by atoms with E-state index in [1.54, 1.807) is 30.7 Å². The minimum absolute atomic E-state index is 0.161. The van der Waals surface area contributed by atoms with Gasteiger partial charge in [0.15, 0.2) is 16.3 Å². The van der Waals surface area contributed by atoms with Crippen molar-refractivity contribution in [2.24, 2.45) is 4.99 Å². The number of esters is 1. The van der Waals surface area contributed by atoms with Gasteiger partial charge in [0.1, 0.15) is 6.04 Å². The van der Waals surface area contributed by atoms with E-state index in [9.17, 15) is 9.59 Å². The lowest BCUT2D eigenvalue weighted by atomic mass is 9.92. The molecule has 0 saturated heterocycles. The third-order valence-corrected chi connectivity index (χ3v) is 8.47. The molecule has 0 saturated carbocycles. The van der Waals surface area contributed by atoms with Crippen LogP contribution in [0.15, 0.2) is 86.6 Å². The molecule has 0 radical (unpaired) electrons. The largest absolute Gasteiger partial charge is 0.493 e. The predicted octanol–water partition coefficient (Wildman–Crippen LogP) is 4.78. The molecular weight excluding hydrogens is 618 g/mol. The van der Waals surface area contributed by atoms with Crippen molar-refractivity contribution < 1.29 is 19.0 Å². The SMILES string of the molecule is CCOC(=O)C1=C(c2ccccc2)N=c2sc(=Cc3ccc(N(C)C)c(Br)c3)c(=O)n2C1c1cccc(OC)c1OC. The summed E-state index contributed by atoms with van der Waals surface area (Å²) in [5, 5.41) is 0. The van der Waals surface area contributed by atoms with Crippen molar-refractivity contribution in [3.63, 3.8) is 0 Å². The Morgan fingerprint density at radius 2 is 1.83 bits per heavy atom. The van der Waals surface area contributed by atoms with Gasteiger partial charge in [0.05, 0.1) is 42.3 Å². The highest BCUT2D eigenvalue weighted by molar-refractivity contribution is 9.10. The second-order valence-electron chi connectivity index (χ2n) is 9.62. The number of carbonyl (C=O) groups excluding carboxylic acids is 1. The number of carbonyl (C=O) groups is 1. The van der Waals surface area contributed by atoms with E-state index in [4.69, 9.17) is 19.2 Å². The van der Waals surface area contributed by atoms with Crippen LogP contribution in [0.1, 0.15) is 29.7 Å². The molecule has 10 heteroatoms. The summed E-state index contributed by atoms with van der Waals surface area (Å²) in [6.07, 6.45) is 1.84. The van der Waals surface area contributed by atoms with E-state index in [0.717, 1.165) is 21.3 Å². The lowest BCUT2D eigenvalue weighted by molar-refractivity contribution is -0.138. The number of anilines is 1. The van der Waals surface area contributed by atoms with Crippen molar-refractivity contribution in [1.29, 1.82) is 0 Å². The molecule has 0 aliphatic carbocycles. The van der Waals surface area contributed by atoms with Crippen LogP contribution < -0.4 is 29.3 Å². The number of hydrogen-bond acceptors (Lipinski definition) is 8. The van der Waals surface area contributed by atoms with E-state index < -0.39 is 12.0 Å². The molecule has 1 unspecified atom stereocenters. The van der Waals surface area contributed by atoms with Crippen LogP contribution in [0.3, 0.4) is 0 Å². The Morgan fingerprint density at radius 1 is 1.07 bits per heavy atom. The highest BCUT2D eigenvalue weighted by atomic mass is 79.9. The third-order valence-electron chi connectivity index (χ3n) is 6.85. The first-order valence-corrected chi connectivity index (χ1v) is 14.9. The van der Waals surface area contributed by atoms with Crippen LogP contribution in [0.5, 0.6) is 11.5 Å². The molecule has 1 aromatic heterocycles. The summed E-state index contributed by atoms with van der Waals surface area (Å²) in [6.45, 7) is 1.91. The molecule has 1 atom stereocenters. The zero-order chi connectivity index (χ0) is 30.0. The van der Waals surface area contributed by atoms with Crippen LogP contribution in [0.2, 0.25) is 0 Å². The lowest BCUT2D eigenvalue weighted by Gasteiger charge is -2.27. The van der Waals surface area contributed by atoms with Gasteiger partial charge in [0.25, 0.3) is 5.56 Å². The fourth-order valence-electron chi connectivity index (χ4n) is 4.99. The number of methoxy groups -OCH3 is 2. The Morgan fingerprint density at radius 3 is 2.48 bits per heavy atom. The fourth-order valence-corrected chi connectivity index (χ4v) is 6.74. The summed E-state index contributed by atoms with van der Waals surface area (Å²) < 4.78 is 19.9. The highest BCUT2D eigenvalue weighted by Gasteiger charge is 2.37. The quantitative estimate of drug-likeness (QED) is 0.256. The number of aromatic nitrogens is 1. The maximum absolute atomic E-state index is 14.2. The number of rotatable bonds is 8. The zero-order valence-electron chi connectivity index (χ0n) is 23.9. The number of benzene rings is 3. The van der Waals surface area contributed by atoms with Gasteiger partial charge in [0.2, 0.25) is 0 Å². The van der Waals surface area contributed by atoms with Crippen LogP contribution in [-0.2, 0) is 9.53 Å². The van der Waals surface area contributed by atoms with E-state index in [2.05, 4.69) is 15.9 Å². The minimum Gasteiger partial charge on any atom is -0.493 e. The molecule has 0 spiro atoms. The number of thiazole rings is 1. The smallest absolute Gasteiger partial charge is 0.338 e. The van der Waals surface area contributed by atoms with Crippen LogP contribution >= 0.6 is 27.3 Å². The standard InChI is InChI=1S/C32H30BrN3O5S/c1-6-41-31(38)26-27(20-11-8-7-9-12-20)34-32-36(28(26)21-13-10-14-24(39-4)29(21)40-5)30(37)25(42-32)18-19-15-16-23(35(2)3)22(33)17-19/h7-18,28H,6H2,1-5H3. The van der Waals surface area contributed by atoms with Crippen molar-refractivity contribution in [2.75, 3.05) is 39.8 Å². The summed E-state index contributed by atoms with van der Waals surface area (Å²) >= 11 is 4.90. The van der Waals surface area contributed by atoms with Crippen molar-refractivity contribution in [3.8, 4) is 11.5 Å². The number of halogens is 1. The second-order valence-corrected chi connectivity index (χ2v) is 11.5. The first-order valence-electron chi connectivity index (χ1n) is 13.2. The average Bonchev–Trinajstić information content (AvgIpc) is 3.30. The van der Waals surface area contributed by atoms with Gasteiger partial charge in [-0.25, -0.2) is 9.79 Å². The molecule has 216 valence electrons. The highest BCUT2D eigenvalue weighted by Crippen LogP contribution is 2.42. The van der Waals surface area contributed by atoms with Crippen LogP contribution in [0.4, 0.5) is 5.69 Å². The maximum atomic E-state index is 14.2. The van der Waals surface area contributed by atoms with E-state index in [1.165, 1.54) is 18.4 Å². The average molecular weight is 649 g/mol. The lowest BCUT2D eigenvalue weighted by Crippen LogP contribution is -2.40. The third kappa shape index (κ3) is 5.39. The molecule has 0 N–H and O–H groups in total. The number of hydrogen-bond donors (Lipinski definition) is 0. The monoisotopic (exact) mass is 647 g/mol. The van der Waals surface area contributed by atoms with Crippen LogP contribution in [-0.4, -0.2) is 45.5 Å². The molecule has 1 aliphatic heterocycles. The predicted molar refractivity (Wildman–Crippen MR) is 169 cm³/mol. The second kappa shape index (κ2) is 12.4. The maximum Gasteiger partial charge on any atom is 0.338 e. The van der Waals surface area contributed by atoms with Gasteiger partial charge in [0, 0.05) is 29.7 Å². The van der Waals surface area contributed by atoms with Crippen LogP contribution in [0, 0.1) is 0 Å². The van der Waals surface area contributed by atoms with Crippen molar-refractivity contribution in [2.45, 2.75) is 13.0 Å². The van der Waals surface area contributed by atoms with Gasteiger partial charge < -0.3 is 19.1 Å². The van der Waals surface area contributed by atoms with Crippen molar-refractivity contribution in [1.82, 2.24) is 4.57 Å². The Hall–Kier alpha value is -4.15.